The van der Waals surface area contributed by atoms with Crippen molar-refractivity contribution >= 4 is 17.5 Å². The molecule has 2 N–H and O–H groups in total. The van der Waals surface area contributed by atoms with E-state index in [1.165, 1.54) is 0 Å². The lowest BCUT2D eigenvalue weighted by Gasteiger charge is -2.34. The van der Waals surface area contributed by atoms with Gasteiger partial charge >= 0.3 is 0 Å². The van der Waals surface area contributed by atoms with Gasteiger partial charge in [0.15, 0.2) is 0 Å². The second kappa shape index (κ2) is 6.41. The zero-order valence-corrected chi connectivity index (χ0v) is 15.7. The molecule has 27 heavy (non-hydrogen) atoms. The predicted molar refractivity (Wildman–Crippen MR) is 104 cm³/mol. The second-order valence-corrected chi connectivity index (χ2v) is 7.47. The molecule has 2 aliphatic rings. The van der Waals surface area contributed by atoms with Crippen LogP contribution in [0.5, 0.6) is 5.75 Å². The van der Waals surface area contributed by atoms with Gasteiger partial charge in [-0.2, -0.15) is 0 Å². The summed E-state index contributed by atoms with van der Waals surface area (Å²) in [6.07, 6.45) is 2.25. The minimum Gasteiger partial charge on any atom is -0.508 e. The van der Waals surface area contributed by atoms with Crippen LogP contribution in [0.1, 0.15) is 47.7 Å². The Morgan fingerprint density at radius 2 is 2.04 bits per heavy atom. The lowest BCUT2D eigenvalue weighted by Crippen LogP contribution is -2.48. The van der Waals surface area contributed by atoms with E-state index in [1.54, 1.807) is 25.1 Å². The Morgan fingerprint density at radius 1 is 1.26 bits per heavy atom. The van der Waals surface area contributed by atoms with E-state index < -0.39 is 5.41 Å². The summed E-state index contributed by atoms with van der Waals surface area (Å²) in [5, 5.41) is 13.0. The van der Waals surface area contributed by atoms with Crippen molar-refractivity contribution in [1.82, 2.24) is 4.90 Å². The SMILES string of the molecule is CCC[C@@H]1N(C(=O)c2cccc(O)c2C)CC[C@]12C(=O)Nc1ccccc12. The third-order valence-electron chi connectivity index (χ3n) is 6.11. The lowest BCUT2D eigenvalue weighted by molar-refractivity contribution is -0.121. The van der Waals surface area contributed by atoms with E-state index in [9.17, 15) is 14.7 Å². The third-order valence-corrected chi connectivity index (χ3v) is 6.11. The molecular formula is C22H24N2O3. The van der Waals surface area contributed by atoms with Crippen LogP contribution in [0, 0.1) is 6.92 Å². The Labute approximate surface area is 159 Å². The molecule has 2 atom stereocenters. The number of hydrogen-bond acceptors (Lipinski definition) is 3. The molecule has 1 fully saturated rings. The Balaban J connectivity index is 1.78. The molecular weight excluding hydrogens is 340 g/mol. The standard InChI is InChI=1S/C22H24N2O3/c1-3-7-19-22(16-9-4-5-10-17(16)23-21(22)27)12-13-24(19)20(26)15-8-6-11-18(25)14(15)2/h4-6,8-11,19,25H,3,7,12-13H2,1-2H3,(H,23,27)/t19-,22+/m0/s1. The average Bonchev–Trinajstić information content (AvgIpc) is 3.17. The Kier molecular flexibility index (Phi) is 4.17. The number of fused-ring (bicyclic) bond motifs is 2. The first-order valence-electron chi connectivity index (χ1n) is 9.51. The molecule has 140 valence electrons. The summed E-state index contributed by atoms with van der Waals surface area (Å²) >= 11 is 0. The molecule has 2 aliphatic heterocycles. The second-order valence-electron chi connectivity index (χ2n) is 7.47. The summed E-state index contributed by atoms with van der Waals surface area (Å²) in [5.74, 6) is -0.00764. The maximum absolute atomic E-state index is 13.3. The molecule has 1 saturated heterocycles. The minimum absolute atomic E-state index is 0.00918. The van der Waals surface area contributed by atoms with Gasteiger partial charge in [-0.1, -0.05) is 37.6 Å². The number of phenols is 1. The van der Waals surface area contributed by atoms with Gasteiger partial charge in [-0.3, -0.25) is 9.59 Å². The highest BCUT2D eigenvalue weighted by Gasteiger charge is 2.58. The molecule has 0 radical (unpaired) electrons. The van der Waals surface area contributed by atoms with E-state index >= 15 is 0 Å². The van der Waals surface area contributed by atoms with Crippen molar-refractivity contribution in [1.29, 1.82) is 0 Å². The van der Waals surface area contributed by atoms with Crippen molar-refractivity contribution in [3.05, 3.63) is 59.2 Å². The number of hydrogen-bond donors (Lipinski definition) is 2. The monoisotopic (exact) mass is 364 g/mol. The lowest BCUT2D eigenvalue weighted by atomic mass is 9.73. The molecule has 0 unspecified atom stereocenters. The largest absolute Gasteiger partial charge is 0.508 e. The number of benzene rings is 2. The number of nitrogens with one attached hydrogen (secondary N) is 1. The van der Waals surface area contributed by atoms with E-state index in [0.717, 1.165) is 24.1 Å². The molecule has 5 heteroatoms. The van der Waals surface area contributed by atoms with E-state index in [1.807, 2.05) is 29.2 Å². The zero-order valence-electron chi connectivity index (χ0n) is 15.7. The normalized spacial score (nSPS) is 23.6. The van der Waals surface area contributed by atoms with Gasteiger partial charge in [0, 0.05) is 23.4 Å². The molecule has 2 amide bonds. The van der Waals surface area contributed by atoms with Crippen LogP contribution in [0.4, 0.5) is 5.69 Å². The molecule has 0 saturated carbocycles. The van der Waals surface area contributed by atoms with Crippen molar-refractivity contribution < 1.29 is 14.7 Å². The van der Waals surface area contributed by atoms with E-state index in [-0.39, 0.29) is 23.6 Å². The van der Waals surface area contributed by atoms with Crippen molar-refractivity contribution in [3.63, 3.8) is 0 Å². The predicted octanol–water partition coefficient (Wildman–Crippen LogP) is 3.61. The van der Waals surface area contributed by atoms with Crippen LogP contribution >= 0.6 is 0 Å². The quantitative estimate of drug-likeness (QED) is 0.874. The van der Waals surface area contributed by atoms with Crippen molar-refractivity contribution in [2.75, 3.05) is 11.9 Å². The van der Waals surface area contributed by atoms with Gasteiger partial charge in [0.05, 0.1) is 11.5 Å². The minimum atomic E-state index is -0.688. The molecule has 0 bridgehead atoms. The summed E-state index contributed by atoms with van der Waals surface area (Å²) < 4.78 is 0. The van der Waals surface area contributed by atoms with Crippen LogP contribution in [0.3, 0.4) is 0 Å². The molecule has 1 spiro atoms. The topological polar surface area (TPSA) is 69.6 Å². The van der Waals surface area contributed by atoms with E-state index in [4.69, 9.17) is 0 Å². The Bertz CT molecular complexity index is 924. The van der Waals surface area contributed by atoms with Gasteiger partial charge in [-0.25, -0.2) is 0 Å². The number of nitrogens with zero attached hydrogens (tertiary/aromatic N) is 1. The van der Waals surface area contributed by atoms with Crippen LogP contribution in [0.25, 0.3) is 0 Å². The first-order valence-corrected chi connectivity index (χ1v) is 9.51. The van der Waals surface area contributed by atoms with E-state index in [0.29, 0.717) is 24.1 Å². The molecule has 2 heterocycles. The van der Waals surface area contributed by atoms with Gasteiger partial charge in [-0.05, 0) is 43.5 Å². The highest BCUT2D eigenvalue weighted by atomic mass is 16.3. The van der Waals surface area contributed by atoms with Crippen molar-refractivity contribution in [2.45, 2.75) is 44.6 Å². The van der Waals surface area contributed by atoms with Crippen LogP contribution in [-0.4, -0.2) is 34.4 Å². The van der Waals surface area contributed by atoms with Crippen LogP contribution in [-0.2, 0) is 10.2 Å². The molecule has 5 nitrogen and oxygen atoms in total. The van der Waals surface area contributed by atoms with Crippen LogP contribution in [0.2, 0.25) is 0 Å². The summed E-state index contributed by atoms with van der Waals surface area (Å²) in [5.41, 5.74) is 2.24. The molecule has 2 aromatic rings. The smallest absolute Gasteiger partial charge is 0.254 e. The Hall–Kier alpha value is -2.82. The maximum Gasteiger partial charge on any atom is 0.254 e. The number of carbonyl (C=O) groups excluding carboxylic acids is 2. The molecule has 2 aromatic carbocycles. The molecule has 0 aliphatic carbocycles. The third kappa shape index (κ3) is 2.45. The van der Waals surface area contributed by atoms with Crippen molar-refractivity contribution in [3.8, 4) is 5.75 Å². The van der Waals surface area contributed by atoms with Crippen LogP contribution in [0.15, 0.2) is 42.5 Å². The highest BCUT2D eigenvalue weighted by molar-refractivity contribution is 6.08. The molecule has 0 aromatic heterocycles. The molecule has 4 rings (SSSR count). The fourth-order valence-corrected chi connectivity index (χ4v) is 4.73. The Morgan fingerprint density at radius 3 is 2.81 bits per heavy atom. The first kappa shape index (κ1) is 17.6. The number of carbonyl (C=O) groups is 2. The number of amides is 2. The van der Waals surface area contributed by atoms with Gasteiger partial charge in [-0.15, -0.1) is 0 Å². The number of phenolic OH excluding ortho intramolecular Hbond substituents is 1. The highest BCUT2D eigenvalue weighted by Crippen LogP contribution is 2.49. The fraction of sp³-hybridized carbons (Fsp3) is 0.364. The summed E-state index contributed by atoms with van der Waals surface area (Å²) in [6.45, 7) is 4.36. The van der Waals surface area contributed by atoms with E-state index in [2.05, 4.69) is 12.2 Å². The number of aromatic hydroxyl groups is 1. The van der Waals surface area contributed by atoms with Crippen LogP contribution < -0.4 is 5.32 Å². The number of likely N-dealkylation sites (tertiary alicyclic amines) is 1. The average molecular weight is 364 g/mol. The zero-order chi connectivity index (χ0) is 19.2. The van der Waals surface area contributed by atoms with Gasteiger partial charge in [0.2, 0.25) is 5.91 Å². The fourth-order valence-electron chi connectivity index (χ4n) is 4.73. The summed E-state index contributed by atoms with van der Waals surface area (Å²) in [4.78, 5) is 28.3. The number of anilines is 1. The maximum atomic E-state index is 13.3. The first-order chi connectivity index (χ1) is 13.0. The summed E-state index contributed by atoms with van der Waals surface area (Å²) in [6, 6.07) is 12.6. The number of para-hydroxylation sites is 1. The summed E-state index contributed by atoms with van der Waals surface area (Å²) in [7, 11) is 0. The van der Waals surface area contributed by atoms with Gasteiger partial charge < -0.3 is 15.3 Å². The van der Waals surface area contributed by atoms with Gasteiger partial charge in [0.1, 0.15) is 5.75 Å². The number of rotatable bonds is 3. The van der Waals surface area contributed by atoms with Gasteiger partial charge in [0.25, 0.3) is 5.91 Å². The van der Waals surface area contributed by atoms with Crippen molar-refractivity contribution in [2.24, 2.45) is 0 Å².